The fraction of sp³-hybridized carbons (Fsp3) is 0. The van der Waals surface area contributed by atoms with Crippen LogP contribution in [-0.2, 0) is 10.0 Å². The van der Waals surface area contributed by atoms with Gasteiger partial charge in [0.15, 0.2) is 0 Å². The SMILES string of the molecule is O=S(=O)(N/N=C/c1ccccc1F)c1ccc(Cl)cc1. The van der Waals surface area contributed by atoms with Gasteiger partial charge in [-0.3, -0.25) is 0 Å². The minimum absolute atomic E-state index is 0.0209. The molecule has 0 aliphatic carbocycles. The number of benzene rings is 2. The molecule has 0 saturated heterocycles. The zero-order valence-electron chi connectivity index (χ0n) is 10.1. The van der Waals surface area contributed by atoms with Gasteiger partial charge in [-0.25, -0.2) is 9.22 Å². The molecule has 0 saturated carbocycles. The van der Waals surface area contributed by atoms with Crippen molar-refractivity contribution in [2.45, 2.75) is 4.90 Å². The number of halogens is 2. The molecule has 0 aliphatic rings. The molecular formula is C13H10ClFN2O2S. The van der Waals surface area contributed by atoms with Gasteiger partial charge < -0.3 is 0 Å². The van der Waals surface area contributed by atoms with Crippen LogP contribution in [0.5, 0.6) is 0 Å². The second-order valence-corrected chi connectivity index (χ2v) is 5.93. The second-order valence-electron chi connectivity index (χ2n) is 3.83. The van der Waals surface area contributed by atoms with Gasteiger partial charge in [0, 0.05) is 10.6 Å². The van der Waals surface area contributed by atoms with E-state index < -0.39 is 15.8 Å². The molecule has 4 nitrogen and oxygen atoms in total. The van der Waals surface area contributed by atoms with E-state index in [1.165, 1.54) is 42.5 Å². The summed E-state index contributed by atoms with van der Waals surface area (Å²) >= 11 is 5.68. The van der Waals surface area contributed by atoms with Gasteiger partial charge in [0.1, 0.15) is 5.82 Å². The van der Waals surface area contributed by atoms with Gasteiger partial charge >= 0.3 is 0 Å². The zero-order chi connectivity index (χ0) is 14.6. The normalized spacial score (nSPS) is 11.7. The second kappa shape index (κ2) is 6.02. The van der Waals surface area contributed by atoms with E-state index in [9.17, 15) is 12.8 Å². The van der Waals surface area contributed by atoms with Gasteiger partial charge in [0.05, 0.1) is 11.1 Å². The molecule has 0 aliphatic heterocycles. The van der Waals surface area contributed by atoms with Crippen LogP contribution in [0.3, 0.4) is 0 Å². The maximum atomic E-state index is 13.3. The molecule has 0 bridgehead atoms. The molecular weight excluding hydrogens is 303 g/mol. The molecule has 104 valence electrons. The van der Waals surface area contributed by atoms with E-state index in [0.717, 1.165) is 6.21 Å². The summed E-state index contributed by atoms with van der Waals surface area (Å²) in [4.78, 5) is 2.02. The molecule has 0 amide bonds. The lowest BCUT2D eigenvalue weighted by molar-refractivity contribution is 0.584. The third-order valence-corrected chi connectivity index (χ3v) is 3.90. The Labute approximate surface area is 120 Å². The smallest absolute Gasteiger partial charge is 0.206 e. The molecule has 0 aromatic heterocycles. The first-order valence-corrected chi connectivity index (χ1v) is 7.40. The highest BCUT2D eigenvalue weighted by molar-refractivity contribution is 7.89. The van der Waals surface area contributed by atoms with E-state index in [4.69, 9.17) is 11.6 Å². The summed E-state index contributed by atoms with van der Waals surface area (Å²) in [6.07, 6.45) is 1.10. The van der Waals surface area contributed by atoms with Crippen molar-refractivity contribution in [3.8, 4) is 0 Å². The Morgan fingerprint density at radius 2 is 1.75 bits per heavy atom. The molecule has 1 N–H and O–H groups in total. The molecule has 0 heterocycles. The Bertz CT molecular complexity index is 730. The highest BCUT2D eigenvalue weighted by Gasteiger charge is 2.12. The number of rotatable bonds is 4. The van der Waals surface area contributed by atoms with Crippen LogP contribution in [0.25, 0.3) is 0 Å². The summed E-state index contributed by atoms with van der Waals surface area (Å²) in [7, 11) is -3.79. The lowest BCUT2D eigenvalue weighted by Gasteiger charge is -2.03. The van der Waals surface area contributed by atoms with Crippen LogP contribution in [0.4, 0.5) is 4.39 Å². The van der Waals surface area contributed by atoms with Crippen LogP contribution in [-0.4, -0.2) is 14.6 Å². The highest BCUT2D eigenvalue weighted by Crippen LogP contribution is 2.13. The molecule has 0 radical (unpaired) electrons. The van der Waals surface area contributed by atoms with E-state index in [1.54, 1.807) is 6.07 Å². The fourth-order valence-corrected chi connectivity index (χ4v) is 2.33. The Morgan fingerprint density at radius 1 is 1.10 bits per heavy atom. The van der Waals surface area contributed by atoms with Gasteiger partial charge in [-0.15, -0.1) is 0 Å². The molecule has 20 heavy (non-hydrogen) atoms. The Hall–Kier alpha value is -1.92. The van der Waals surface area contributed by atoms with Crippen molar-refractivity contribution < 1.29 is 12.8 Å². The molecule has 0 fully saturated rings. The van der Waals surface area contributed by atoms with E-state index in [0.29, 0.717) is 5.02 Å². The minimum atomic E-state index is -3.79. The lowest BCUT2D eigenvalue weighted by Crippen LogP contribution is -2.18. The average Bonchev–Trinajstić information content (AvgIpc) is 2.41. The van der Waals surface area contributed by atoms with Gasteiger partial charge in [0.2, 0.25) is 0 Å². The minimum Gasteiger partial charge on any atom is -0.206 e. The van der Waals surface area contributed by atoms with Crippen LogP contribution < -0.4 is 4.83 Å². The third kappa shape index (κ3) is 3.55. The predicted octanol–water partition coefficient (Wildman–Crippen LogP) is 2.79. The number of hydrogen-bond acceptors (Lipinski definition) is 3. The summed E-state index contributed by atoms with van der Waals surface area (Å²) in [5, 5.41) is 3.97. The first-order chi connectivity index (χ1) is 9.49. The third-order valence-electron chi connectivity index (χ3n) is 2.41. The van der Waals surface area contributed by atoms with E-state index in [1.807, 2.05) is 4.83 Å². The Balaban J connectivity index is 2.14. The molecule has 2 aromatic carbocycles. The number of hydrogen-bond donors (Lipinski definition) is 1. The maximum absolute atomic E-state index is 13.3. The van der Waals surface area contributed by atoms with Crippen LogP contribution in [0.1, 0.15) is 5.56 Å². The molecule has 0 spiro atoms. The van der Waals surface area contributed by atoms with Crippen molar-refractivity contribution in [2.24, 2.45) is 5.10 Å². The highest BCUT2D eigenvalue weighted by atomic mass is 35.5. The van der Waals surface area contributed by atoms with Crippen molar-refractivity contribution in [3.05, 3.63) is 64.9 Å². The van der Waals surface area contributed by atoms with Gasteiger partial charge in [-0.1, -0.05) is 29.8 Å². The molecule has 2 aromatic rings. The summed E-state index contributed by atoms with van der Waals surface area (Å²) in [5.41, 5.74) is 0.186. The standard InChI is InChI=1S/C13H10ClFN2O2S/c14-11-5-7-12(8-6-11)20(18,19)17-16-9-10-3-1-2-4-13(10)15/h1-9,17H/b16-9+. The van der Waals surface area contributed by atoms with E-state index in [2.05, 4.69) is 5.10 Å². The number of hydrazone groups is 1. The molecule has 0 atom stereocenters. The first-order valence-electron chi connectivity index (χ1n) is 5.54. The summed E-state index contributed by atoms with van der Waals surface area (Å²) in [6.45, 7) is 0. The average molecular weight is 313 g/mol. The zero-order valence-corrected chi connectivity index (χ0v) is 11.7. The van der Waals surface area contributed by atoms with Crippen molar-refractivity contribution in [1.82, 2.24) is 4.83 Å². The molecule has 2 rings (SSSR count). The van der Waals surface area contributed by atoms with Gasteiger partial charge in [-0.05, 0) is 30.3 Å². The van der Waals surface area contributed by atoms with E-state index >= 15 is 0 Å². The molecule has 7 heteroatoms. The molecule has 0 unspecified atom stereocenters. The van der Waals surface area contributed by atoms with Crippen molar-refractivity contribution in [2.75, 3.05) is 0 Å². The monoisotopic (exact) mass is 312 g/mol. The number of sulfonamides is 1. The van der Waals surface area contributed by atoms with Crippen LogP contribution in [0, 0.1) is 5.82 Å². The van der Waals surface area contributed by atoms with Crippen LogP contribution in [0.15, 0.2) is 58.5 Å². The van der Waals surface area contributed by atoms with Crippen LogP contribution >= 0.6 is 11.6 Å². The van der Waals surface area contributed by atoms with E-state index in [-0.39, 0.29) is 10.5 Å². The topological polar surface area (TPSA) is 58.5 Å². The summed E-state index contributed by atoms with van der Waals surface area (Å²) < 4.78 is 37.0. The first kappa shape index (κ1) is 14.5. The summed E-state index contributed by atoms with van der Waals surface area (Å²) in [6, 6.07) is 11.5. The summed E-state index contributed by atoms with van der Waals surface area (Å²) in [5.74, 6) is -0.484. The van der Waals surface area contributed by atoms with Crippen molar-refractivity contribution >= 4 is 27.8 Å². The number of nitrogens with zero attached hydrogens (tertiary/aromatic N) is 1. The fourth-order valence-electron chi connectivity index (χ4n) is 1.41. The van der Waals surface area contributed by atoms with Gasteiger partial charge in [-0.2, -0.15) is 13.5 Å². The maximum Gasteiger partial charge on any atom is 0.276 e. The number of nitrogens with one attached hydrogen (secondary N) is 1. The lowest BCUT2D eigenvalue weighted by atomic mass is 10.2. The largest absolute Gasteiger partial charge is 0.276 e. The van der Waals surface area contributed by atoms with Crippen molar-refractivity contribution in [1.29, 1.82) is 0 Å². The van der Waals surface area contributed by atoms with Crippen molar-refractivity contribution in [3.63, 3.8) is 0 Å². The Morgan fingerprint density at radius 3 is 2.40 bits per heavy atom. The Kier molecular flexibility index (Phi) is 4.36. The predicted molar refractivity (Wildman–Crippen MR) is 75.8 cm³/mol. The van der Waals surface area contributed by atoms with Crippen LogP contribution in [0.2, 0.25) is 5.02 Å². The van der Waals surface area contributed by atoms with Gasteiger partial charge in [0.25, 0.3) is 10.0 Å². The quantitative estimate of drug-likeness (QED) is 0.697.